The van der Waals surface area contributed by atoms with Gasteiger partial charge >= 0.3 is 5.97 Å². The Balaban J connectivity index is 2.62. The molecule has 0 radical (unpaired) electrons. The molecule has 0 aromatic rings. The number of nitrogens with one attached hydrogen (secondary N) is 1. The lowest BCUT2D eigenvalue weighted by Crippen LogP contribution is -2.46. The minimum atomic E-state index is -0.963. The fourth-order valence-electron chi connectivity index (χ4n) is 2.44. The molecular weight excluding hydrogens is 248 g/mol. The van der Waals surface area contributed by atoms with Gasteiger partial charge in [-0.2, -0.15) is 0 Å². The zero-order chi connectivity index (χ0) is 15.0. The van der Waals surface area contributed by atoms with Crippen molar-refractivity contribution in [1.82, 2.24) is 10.2 Å². The van der Waals surface area contributed by atoms with Crippen molar-refractivity contribution in [2.45, 2.75) is 33.7 Å². The Hall–Kier alpha value is -1.59. The topological polar surface area (TPSA) is 86.7 Å². The Bertz CT molecular complexity index is 405. The minimum absolute atomic E-state index is 0.179. The van der Waals surface area contributed by atoms with Gasteiger partial charge in [0.1, 0.15) is 6.04 Å². The van der Waals surface area contributed by atoms with Crippen LogP contribution in [0.2, 0.25) is 0 Å². The molecule has 3 atom stereocenters. The van der Waals surface area contributed by atoms with E-state index in [0.717, 1.165) is 0 Å². The van der Waals surface area contributed by atoms with Crippen molar-refractivity contribution in [3.05, 3.63) is 0 Å². The smallest absolute Gasteiger partial charge is 0.307 e. The van der Waals surface area contributed by atoms with Gasteiger partial charge in [-0.05, 0) is 19.3 Å². The Morgan fingerprint density at radius 3 is 2.21 bits per heavy atom. The molecule has 1 rings (SSSR count). The van der Waals surface area contributed by atoms with Crippen LogP contribution in [0.5, 0.6) is 0 Å². The Morgan fingerprint density at radius 1 is 1.32 bits per heavy atom. The highest BCUT2D eigenvalue weighted by Gasteiger charge is 2.66. The molecule has 108 valence electrons. The number of likely N-dealkylation sites (N-methyl/N-ethyl adjacent to an activating group) is 1. The molecule has 0 aromatic heterocycles. The van der Waals surface area contributed by atoms with Crippen molar-refractivity contribution in [2.75, 3.05) is 13.6 Å². The highest BCUT2D eigenvalue weighted by atomic mass is 16.4. The van der Waals surface area contributed by atoms with E-state index in [9.17, 15) is 14.4 Å². The standard InChI is InChI=1S/C13H22N2O4/c1-6-15(5)11(17)7(2)14-10(16)8-9(12(18)19)13(8,3)4/h7-9H,6H2,1-5H3,(H,14,16)(H,18,19)/t7?,8-,9+/m0/s1. The summed E-state index contributed by atoms with van der Waals surface area (Å²) in [7, 11) is 1.66. The van der Waals surface area contributed by atoms with Crippen LogP contribution in [0.1, 0.15) is 27.7 Å². The van der Waals surface area contributed by atoms with Crippen molar-refractivity contribution in [2.24, 2.45) is 17.3 Å². The molecule has 1 unspecified atom stereocenters. The average molecular weight is 270 g/mol. The van der Waals surface area contributed by atoms with Crippen LogP contribution < -0.4 is 5.32 Å². The summed E-state index contributed by atoms with van der Waals surface area (Å²) in [4.78, 5) is 36.4. The molecule has 1 saturated carbocycles. The maximum absolute atomic E-state index is 12.0. The summed E-state index contributed by atoms with van der Waals surface area (Å²) in [6, 6.07) is -0.636. The fourth-order valence-corrected chi connectivity index (χ4v) is 2.44. The number of carboxylic acids is 1. The molecule has 1 aliphatic rings. The first-order valence-electron chi connectivity index (χ1n) is 6.42. The van der Waals surface area contributed by atoms with E-state index < -0.39 is 29.3 Å². The monoisotopic (exact) mass is 270 g/mol. The van der Waals surface area contributed by atoms with Crippen molar-refractivity contribution in [3.8, 4) is 0 Å². The van der Waals surface area contributed by atoms with Gasteiger partial charge in [0.25, 0.3) is 0 Å². The molecule has 2 N–H and O–H groups in total. The lowest BCUT2D eigenvalue weighted by Gasteiger charge is -2.20. The van der Waals surface area contributed by atoms with Crippen LogP contribution in [0.25, 0.3) is 0 Å². The Labute approximate surface area is 113 Å². The first-order chi connectivity index (χ1) is 8.64. The molecule has 0 saturated heterocycles. The molecule has 1 aliphatic carbocycles. The van der Waals surface area contributed by atoms with Crippen molar-refractivity contribution in [1.29, 1.82) is 0 Å². The second-order valence-electron chi connectivity index (χ2n) is 5.70. The fraction of sp³-hybridized carbons (Fsp3) is 0.769. The molecule has 19 heavy (non-hydrogen) atoms. The van der Waals surface area contributed by atoms with E-state index >= 15 is 0 Å². The van der Waals surface area contributed by atoms with E-state index in [2.05, 4.69) is 5.32 Å². The maximum Gasteiger partial charge on any atom is 0.307 e. The van der Waals surface area contributed by atoms with Crippen LogP contribution >= 0.6 is 0 Å². The van der Waals surface area contributed by atoms with Gasteiger partial charge in [-0.1, -0.05) is 13.8 Å². The second kappa shape index (κ2) is 5.19. The number of carbonyl (C=O) groups excluding carboxylic acids is 2. The largest absolute Gasteiger partial charge is 0.481 e. The number of carboxylic acid groups (broad SMARTS) is 1. The van der Waals surface area contributed by atoms with Crippen molar-refractivity contribution >= 4 is 17.8 Å². The molecule has 6 heteroatoms. The molecule has 1 fully saturated rings. The third kappa shape index (κ3) is 2.88. The van der Waals surface area contributed by atoms with Gasteiger partial charge in [-0.3, -0.25) is 14.4 Å². The van der Waals surface area contributed by atoms with Gasteiger partial charge in [0.15, 0.2) is 0 Å². The van der Waals surface area contributed by atoms with Crippen LogP contribution in [0.15, 0.2) is 0 Å². The summed E-state index contributed by atoms with van der Waals surface area (Å²) in [6.07, 6.45) is 0. The predicted octanol–water partition coefficient (Wildman–Crippen LogP) is 0.326. The molecule has 0 spiro atoms. The molecule has 2 amide bonds. The zero-order valence-electron chi connectivity index (χ0n) is 12.1. The first kappa shape index (κ1) is 15.5. The second-order valence-corrected chi connectivity index (χ2v) is 5.70. The van der Waals surface area contributed by atoms with Crippen LogP contribution in [0.4, 0.5) is 0 Å². The van der Waals surface area contributed by atoms with Crippen LogP contribution in [0.3, 0.4) is 0 Å². The SMILES string of the molecule is CCN(C)C(=O)C(C)NC(=O)[C@@H]1[C@H](C(=O)O)C1(C)C. The minimum Gasteiger partial charge on any atom is -0.481 e. The number of hydrogen-bond acceptors (Lipinski definition) is 3. The summed E-state index contributed by atoms with van der Waals surface area (Å²) in [5.74, 6) is -2.73. The number of amides is 2. The highest BCUT2D eigenvalue weighted by Crippen LogP contribution is 2.58. The quantitative estimate of drug-likeness (QED) is 0.753. The van der Waals surface area contributed by atoms with E-state index in [1.807, 2.05) is 6.92 Å². The van der Waals surface area contributed by atoms with Gasteiger partial charge in [0, 0.05) is 13.6 Å². The lowest BCUT2D eigenvalue weighted by atomic mass is 10.1. The molecular formula is C13H22N2O4. The highest BCUT2D eigenvalue weighted by molar-refractivity contribution is 5.94. The van der Waals surface area contributed by atoms with E-state index in [0.29, 0.717) is 6.54 Å². The molecule has 0 aliphatic heterocycles. The van der Waals surface area contributed by atoms with Gasteiger partial charge in [-0.25, -0.2) is 0 Å². The predicted molar refractivity (Wildman–Crippen MR) is 69.3 cm³/mol. The maximum atomic E-state index is 12.0. The summed E-state index contributed by atoms with van der Waals surface area (Å²) in [5.41, 5.74) is -0.546. The van der Waals surface area contributed by atoms with E-state index in [1.54, 1.807) is 27.8 Å². The lowest BCUT2D eigenvalue weighted by molar-refractivity contribution is -0.140. The molecule has 0 aromatic carbocycles. The van der Waals surface area contributed by atoms with Crippen LogP contribution in [-0.4, -0.2) is 47.4 Å². The number of aliphatic carboxylic acids is 1. The Kier molecular flexibility index (Phi) is 4.22. The molecule has 0 bridgehead atoms. The van der Waals surface area contributed by atoms with Gasteiger partial charge in [0.05, 0.1) is 11.8 Å². The van der Waals surface area contributed by atoms with Gasteiger partial charge < -0.3 is 15.3 Å². The van der Waals surface area contributed by atoms with Crippen LogP contribution in [-0.2, 0) is 14.4 Å². The average Bonchev–Trinajstić information content (AvgIpc) is 2.90. The van der Waals surface area contributed by atoms with Crippen molar-refractivity contribution in [3.63, 3.8) is 0 Å². The summed E-state index contributed by atoms with van der Waals surface area (Å²) in [5, 5.41) is 11.6. The van der Waals surface area contributed by atoms with E-state index in [-0.39, 0.29) is 11.8 Å². The number of carbonyl (C=O) groups is 3. The molecule has 6 nitrogen and oxygen atoms in total. The van der Waals surface area contributed by atoms with Gasteiger partial charge in [0.2, 0.25) is 11.8 Å². The van der Waals surface area contributed by atoms with Crippen LogP contribution in [0, 0.1) is 17.3 Å². The third-order valence-corrected chi connectivity index (χ3v) is 3.96. The summed E-state index contributed by atoms with van der Waals surface area (Å²) < 4.78 is 0. The number of nitrogens with zero attached hydrogens (tertiary/aromatic N) is 1. The molecule has 0 heterocycles. The van der Waals surface area contributed by atoms with E-state index in [1.165, 1.54) is 4.90 Å². The normalized spacial score (nSPS) is 25.3. The van der Waals surface area contributed by atoms with Crippen molar-refractivity contribution < 1.29 is 19.5 Å². The summed E-state index contributed by atoms with van der Waals surface area (Å²) in [6.45, 7) is 7.52. The third-order valence-electron chi connectivity index (χ3n) is 3.96. The number of rotatable bonds is 5. The summed E-state index contributed by atoms with van der Waals surface area (Å²) >= 11 is 0. The van der Waals surface area contributed by atoms with E-state index in [4.69, 9.17) is 5.11 Å². The first-order valence-corrected chi connectivity index (χ1v) is 6.42. The van der Waals surface area contributed by atoms with Gasteiger partial charge in [-0.15, -0.1) is 0 Å². The Morgan fingerprint density at radius 2 is 1.84 bits per heavy atom. The zero-order valence-corrected chi connectivity index (χ0v) is 12.1. The number of hydrogen-bond donors (Lipinski definition) is 2.